The van der Waals surface area contributed by atoms with Gasteiger partial charge in [-0.3, -0.25) is 4.79 Å². The van der Waals surface area contributed by atoms with Crippen molar-refractivity contribution in [1.29, 1.82) is 0 Å². The Morgan fingerprint density at radius 3 is 2.84 bits per heavy atom. The highest BCUT2D eigenvalue weighted by Crippen LogP contribution is 2.38. The van der Waals surface area contributed by atoms with Gasteiger partial charge in [0, 0.05) is 6.54 Å². The van der Waals surface area contributed by atoms with Gasteiger partial charge in [0.05, 0.1) is 0 Å². The molecule has 0 amide bonds. The molecule has 3 atom stereocenters. The third-order valence-corrected chi connectivity index (χ3v) is 5.39. The molecule has 0 bridgehead atoms. The Kier molecular flexibility index (Phi) is 4.85. The highest BCUT2D eigenvalue weighted by molar-refractivity contribution is 5.79. The van der Waals surface area contributed by atoms with Crippen LogP contribution in [0.4, 0.5) is 0 Å². The molecule has 0 aromatic heterocycles. The summed E-state index contributed by atoms with van der Waals surface area (Å²) < 4.78 is 0. The Hall–Kier alpha value is -0.610. The number of hydrogen-bond donors (Lipinski definition) is 2. The van der Waals surface area contributed by atoms with E-state index in [1.165, 1.54) is 25.9 Å². The molecule has 2 aliphatic rings. The van der Waals surface area contributed by atoms with Crippen molar-refractivity contribution in [3.8, 4) is 0 Å². The quantitative estimate of drug-likeness (QED) is 0.773. The van der Waals surface area contributed by atoms with Crippen LogP contribution in [0.3, 0.4) is 0 Å². The van der Waals surface area contributed by atoms with Gasteiger partial charge < -0.3 is 15.3 Å². The summed E-state index contributed by atoms with van der Waals surface area (Å²) in [6.07, 6.45) is 6.48. The van der Waals surface area contributed by atoms with E-state index < -0.39 is 11.5 Å². The minimum absolute atomic E-state index is 0.288. The van der Waals surface area contributed by atoms with Crippen molar-refractivity contribution in [2.24, 2.45) is 11.8 Å². The van der Waals surface area contributed by atoms with Crippen LogP contribution in [0, 0.1) is 11.8 Å². The Bertz CT molecular complexity index is 321. The summed E-state index contributed by atoms with van der Waals surface area (Å²) in [6.45, 7) is 5.74. The van der Waals surface area contributed by atoms with Gasteiger partial charge in [-0.1, -0.05) is 19.8 Å². The molecular formula is C15H28N2O2. The highest BCUT2D eigenvalue weighted by atomic mass is 16.4. The van der Waals surface area contributed by atoms with E-state index in [1.807, 2.05) is 0 Å². The molecule has 0 aromatic rings. The molecule has 2 N–H and O–H groups in total. The van der Waals surface area contributed by atoms with Gasteiger partial charge >= 0.3 is 5.97 Å². The summed E-state index contributed by atoms with van der Waals surface area (Å²) in [4.78, 5) is 14.1. The van der Waals surface area contributed by atoms with E-state index in [4.69, 9.17) is 0 Å². The second-order valence-corrected chi connectivity index (χ2v) is 6.27. The Balaban J connectivity index is 1.87. The van der Waals surface area contributed by atoms with Crippen LogP contribution in [0.15, 0.2) is 0 Å². The molecule has 0 aromatic carbocycles. The molecule has 2 fully saturated rings. The molecule has 3 unspecified atom stereocenters. The summed E-state index contributed by atoms with van der Waals surface area (Å²) in [7, 11) is 1.80. The summed E-state index contributed by atoms with van der Waals surface area (Å²) in [5.41, 5.74) is -0.663. The molecule has 1 aliphatic heterocycles. The zero-order chi connectivity index (χ0) is 13.9. The molecule has 1 aliphatic carbocycles. The number of carboxylic acid groups (broad SMARTS) is 1. The van der Waals surface area contributed by atoms with Crippen molar-refractivity contribution in [1.82, 2.24) is 10.2 Å². The first-order valence-electron chi connectivity index (χ1n) is 7.77. The van der Waals surface area contributed by atoms with E-state index in [0.29, 0.717) is 0 Å². The van der Waals surface area contributed by atoms with E-state index in [2.05, 4.69) is 17.1 Å². The summed E-state index contributed by atoms with van der Waals surface area (Å²) >= 11 is 0. The molecule has 110 valence electrons. The van der Waals surface area contributed by atoms with Crippen molar-refractivity contribution in [2.75, 3.05) is 26.7 Å². The third-order valence-electron chi connectivity index (χ3n) is 5.39. The fraction of sp³-hybridized carbons (Fsp3) is 0.933. The lowest BCUT2D eigenvalue weighted by Gasteiger charge is -2.32. The predicted octanol–water partition coefficient (Wildman–Crippen LogP) is 1.95. The topological polar surface area (TPSA) is 52.6 Å². The number of nitrogens with one attached hydrogen (secondary N) is 1. The Morgan fingerprint density at radius 2 is 2.26 bits per heavy atom. The lowest BCUT2D eigenvalue weighted by atomic mass is 9.84. The van der Waals surface area contributed by atoms with E-state index in [1.54, 1.807) is 7.05 Å². The fourth-order valence-corrected chi connectivity index (χ4v) is 3.97. The first-order chi connectivity index (χ1) is 9.12. The molecule has 1 heterocycles. The Morgan fingerprint density at radius 1 is 1.47 bits per heavy atom. The number of likely N-dealkylation sites (tertiary alicyclic amines) is 1. The molecular weight excluding hydrogens is 240 g/mol. The van der Waals surface area contributed by atoms with Crippen LogP contribution in [0.5, 0.6) is 0 Å². The fourth-order valence-electron chi connectivity index (χ4n) is 3.97. The van der Waals surface area contributed by atoms with Crippen molar-refractivity contribution in [3.63, 3.8) is 0 Å². The largest absolute Gasteiger partial charge is 0.480 e. The van der Waals surface area contributed by atoms with E-state index >= 15 is 0 Å². The van der Waals surface area contributed by atoms with Gasteiger partial charge in [0.15, 0.2) is 0 Å². The molecule has 0 radical (unpaired) electrons. The molecule has 0 spiro atoms. The van der Waals surface area contributed by atoms with Gasteiger partial charge in [-0.15, -0.1) is 0 Å². The van der Waals surface area contributed by atoms with Gasteiger partial charge in [0.25, 0.3) is 0 Å². The number of rotatable bonds is 6. The number of carboxylic acids is 1. The SMILES string of the molecule is CCC1CCN(CCC2CCCC2(NC)C(=O)O)C1. The van der Waals surface area contributed by atoms with Gasteiger partial charge in [0.1, 0.15) is 5.54 Å². The number of hydrogen-bond acceptors (Lipinski definition) is 3. The normalized spacial score (nSPS) is 35.9. The molecule has 19 heavy (non-hydrogen) atoms. The minimum atomic E-state index is -0.663. The van der Waals surface area contributed by atoms with Gasteiger partial charge in [-0.25, -0.2) is 0 Å². The van der Waals surface area contributed by atoms with Crippen LogP contribution < -0.4 is 5.32 Å². The lowest BCUT2D eigenvalue weighted by Crippen LogP contribution is -2.53. The summed E-state index contributed by atoms with van der Waals surface area (Å²) in [5.74, 6) is 0.484. The molecule has 1 saturated heterocycles. The first-order valence-corrected chi connectivity index (χ1v) is 7.77. The molecule has 1 saturated carbocycles. The van der Waals surface area contributed by atoms with Crippen molar-refractivity contribution in [3.05, 3.63) is 0 Å². The second kappa shape index (κ2) is 6.23. The van der Waals surface area contributed by atoms with Gasteiger partial charge in [-0.2, -0.15) is 0 Å². The van der Waals surface area contributed by atoms with E-state index in [-0.39, 0.29) is 5.92 Å². The summed E-state index contributed by atoms with van der Waals surface area (Å²) in [6, 6.07) is 0. The second-order valence-electron chi connectivity index (χ2n) is 6.27. The number of nitrogens with zero attached hydrogens (tertiary/aromatic N) is 1. The zero-order valence-electron chi connectivity index (χ0n) is 12.3. The van der Waals surface area contributed by atoms with Crippen molar-refractivity contribution < 1.29 is 9.90 Å². The average molecular weight is 268 g/mol. The van der Waals surface area contributed by atoms with E-state index in [0.717, 1.165) is 38.1 Å². The maximum Gasteiger partial charge on any atom is 0.324 e. The average Bonchev–Trinajstić information content (AvgIpc) is 3.03. The maximum atomic E-state index is 11.6. The van der Waals surface area contributed by atoms with Crippen LogP contribution in [-0.2, 0) is 4.79 Å². The lowest BCUT2D eigenvalue weighted by molar-refractivity contribution is -0.146. The monoisotopic (exact) mass is 268 g/mol. The first kappa shape index (κ1) is 14.8. The van der Waals surface area contributed by atoms with E-state index in [9.17, 15) is 9.90 Å². The highest BCUT2D eigenvalue weighted by Gasteiger charge is 2.47. The van der Waals surface area contributed by atoms with Crippen LogP contribution in [0.2, 0.25) is 0 Å². The predicted molar refractivity (Wildman–Crippen MR) is 76.2 cm³/mol. The van der Waals surface area contributed by atoms with Crippen LogP contribution in [-0.4, -0.2) is 48.2 Å². The number of likely N-dealkylation sites (N-methyl/N-ethyl adjacent to an activating group) is 1. The smallest absolute Gasteiger partial charge is 0.324 e. The van der Waals surface area contributed by atoms with Crippen LogP contribution in [0.25, 0.3) is 0 Å². The standard InChI is InChI=1S/C15H28N2O2/c1-3-12-6-9-17(11-12)10-7-13-5-4-8-15(13,16-2)14(18)19/h12-13,16H,3-11H2,1-2H3,(H,18,19). The minimum Gasteiger partial charge on any atom is -0.480 e. The van der Waals surface area contributed by atoms with Gasteiger partial charge in [0.2, 0.25) is 0 Å². The zero-order valence-corrected chi connectivity index (χ0v) is 12.3. The van der Waals surface area contributed by atoms with Crippen molar-refractivity contribution >= 4 is 5.97 Å². The van der Waals surface area contributed by atoms with Gasteiger partial charge in [-0.05, 0) is 57.7 Å². The number of carbonyl (C=O) groups is 1. The maximum absolute atomic E-state index is 11.6. The molecule has 2 rings (SSSR count). The molecule has 4 heteroatoms. The number of aliphatic carboxylic acids is 1. The molecule has 4 nitrogen and oxygen atoms in total. The summed E-state index contributed by atoms with van der Waals surface area (Å²) in [5, 5.41) is 12.6. The third kappa shape index (κ3) is 2.95. The van der Waals surface area contributed by atoms with Crippen molar-refractivity contribution in [2.45, 2.75) is 51.0 Å². The van der Waals surface area contributed by atoms with Crippen LogP contribution in [0.1, 0.15) is 45.4 Å². The van der Waals surface area contributed by atoms with Crippen LogP contribution >= 0.6 is 0 Å². The Labute approximate surface area is 116 Å².